The number of rotatable bonds is 5. The fourth-order valence-corrected chi connectivity index (χ4v) is 2.75. The second kappa shape index (κ2) is 7.81. The number of imidazole rings is 1. The summed E-state index contributed by atoms with van der Waals surface area (Å²) in [6.45, 7) is 0. The number of aromatic nitrogens is 3. The van der Waals surface area contributed by atoms with Crippen LogP contribution in [0.5, 0.6) is 11.5 Å². The van der Waals surface area contributed by atoms with Crippen molar-refractivity contribution in [2.75, 3.05) is 7.11 Å². The molecule has 2 N–H and O–H groups in total. The molecule has 8 heteroatoms. The highest BCUT2D eigenvalue weighted by Crippen LogP contribution is 2.28. The molecule has 0 spiro atoms. The van der Waals surface area contributed by atoms with Crippen molar-refractivity contribution >= 4 is 28.9 Å². The number of hydrogen-bond acceptors (Lipinski definition) is 6. The molecule has 8 nitrogen and oxygen atoms in total. The van der Waals surface area contributed by atoms with E-state index in [1.54, 1.807) is 54.7 Å². The SMILES string of the molecule is COc1cc(C=Nc2ccc3[nH]c(=O)[nH]c3c2)ccc1OC(=O)c1ccncc1. The lowest BCUT2D eigenvalue weighted by Crippen LogP contribution is -2.09. The zero-order valence-corrected chi connectivity index (χ0v) is 15.4. The van der Waals surface area contributed by atoms with Crippen LogP contribution < -0.4 is 15.2 Å². The molecule has 144 valence electrons. The summed E-state index contributed by atoms with van der Waals surface area (Å²) < 4.78 is 10.8. The average Bonchev–Trinajstić information content (AvgIpc) is 3.12. The Morgan fingerprint density at radius 1 is 1.00 bits per heavy atom. The van der Waals surface area contributed by atoms with Gasteiger partial charge < -0.3 is 19.4 Å². The van der Waals surface area contributed by atoms with Gasteiger partial charge in [-0.3, -0.25) is 9.98 Å². The van der Waals surface area contributed by atoms with E-state index in [0.29, 0.717) is 28.3 Å². The lowest BCUT2D eigenvalue weighted by atomic mass is 10.2. The summed E-state index contributed by atoms with van der Waals surface area (Å²) in [6, 6.07) is 13.6. The first-order valence-corrected chi connectivity index (χ1v) is 8.69. The summed E-state index contributed by atoms with van der Waals surface area (Å²) in [4.78, 5) is 37.2. The molecule has 4 aromatic rings. The van der Waals surface area contributed by atoms with Crippen LogP contribution >= 0.6 is 0 Å². The van der Waals surface area contributed by atoms with Crippen LogP contribution in [0, 0.1) is 0 Å². The van der Waals surface area contributed by atoms with E-state index in [0.717, 1.165) is 11.1 Å². The van der Waals surface area contributed by atoms with Crippen molar-refractivity contribution in [1.82, 2.24) is 15.0 Å². The average molecular weight is 388 g/mol. The van der Waals surface area contributed by atoms with Crippen molar-refractivity contribution in [3.8, 4) is 11.5 Å². The molecule has 0 fully saturated rings. The Morgan fingerprint density at radius 3 is 2.59 bits per heavy atom. The molecular weight excluding hydrogens is 372 g/mol. The number of H-pyrrole nitrogens is 2. The normalized spacial score (nSPS) is 11.1. The van der Waals surface area contributed by atoms with Crippen molar-refractivity contribution < 1.29 is 14.3 Å². The van der Waals surface area contributed by atoms with Gasteiger partial charge in [0.05, 0.1) is 29.4 Å². The number of nitrogens with zero attached hydrogens (tertiary/aromatic N) is 2. The number of fused-ring (bicyclic) bond motifs is 1. The third-order valence-corrected chi connectivity index (χ3v) is 4.17. The van der Waals surface area contributed by atoms with Gasteiger partial charge in [-0.1, -0.05) is 0 Å². The summed E-state index contributed by atoms with van der Waals surface area (Å²) in [6.07, 6.45) is 4.70. The minimum Gasteiger partial charge on any atom is -0.493 e. The van der Waals surface area contributed by atoms with Gasteiger partial charge in [0.25, 0.3) is 0 Å². The first-order valence-electron chi connectivity index (χ1n) is 8.69. The molecule has 0 radical (unpaired) electrons. The highest BCUT2D eigenvalue weighted by molar-refractivity contribution is 5.91. The smallest absolute Gasteiger partial charge is 0.343 e. The maximum absolute atomic E-state index is 12.2. The molecule has 0 aliphatic rings. The van der Waals surface area contributed by atoms with Crippen molar-refractivity contribution in [2.24, 2.45) is 4.99 Å². The van der Waals surface area contributed by atoms with Crippen LogP contribution in [0.1, 0.15) is 15.9 Å². The number of benzene rings is 2. The topological polar surface area (TPSA) is 109 Å². The summed E-state index contributed by atoms with van der Waals surface area (Å²) >= 11 is 0. The fraction of sp³-hybridized carbons (Fsp3) is 0.0476. The number of hydrogen-bond donors (Lipinski definition) is 2. The van der Waals surface area contributed by atoms with Gasteiger partial charge in [0.2, 0.25) is 0 Å². The van der Waals surface area contributed by atoms with Gasteiger partial charge in [0.1, 0.15) is 0 Å². The van der Waals surface area contributed by atoms with E-state index in [1.807, 2.05) is 0 Å². The molecule has 0 unspecified atom stereocenters. The number of nitrogens with one attached hydrogen (secondary N) is 2. The summed E-state index contributed by atoms with van der Waals surface area (Å²) in [5.41, 5.74) is 2.97. The van der Waals surface area contributed by atoms with E-state index in [2.05, 4.69) is 19.9 Å². The molecule has 0 aliphatic heterocycles. The number of carbonyl (C=O) groups is 1. The van der Waals surface area contributed by atoms with Crippen LogP contribution in [0.2, 0.25) is 0 Å². The number of carbonyl (C=O) groups excluding carboxylic acids is 1. The van der Waals surface area contributed by atoms with Gasteiger partial charge >= 0.3 is 11.7 Å². The fourth-order valence-electron chi connectivity index (χ4n) is 2.75. The van der Waals surface area contributed by atoms with Crippen LogP contribution in [0.15, 0.2) is 70.7 Å². The zero-order chi connectivity index (χ0) is 20.2. The summed E-state index contributed by atoms with van der Waals surface area (Å²) in [5.74, 6) is 0.209. The Bertz CT molecular complexity index is 1260. The third kappa shape index (κ3) is 4.06. The molecule has 4 rings (SSSR count). The molecule has 2 aromatic carbocycles. The molecular formula is C21H16N4O4. The Balaban J connectivity index is 1.54. The van der Waals surface area contributed by atoms with Crippen molar-refractivity contribution in [3.63, 3.8) is 0 Å². The maximum atomic E-state index is 12.2. The quantitative estimate of drug-likeness (QED) is 0.310. The van der Waals surface area contributed by atoms with Crippen LogP contribution in [0.25, 0.3) is 11.0 Å². The van der Waals surface area contributed by atoms with Gasteiger partial charge in [-0.05, 0) is 54.1 Å². The standard InChI is InChI=1S/C21H16N4O4/c1-28-19-10-13(2-5-18(19)29-20(26)14-6-8-22-9-7-14)12-23-15-3-4-16-17(11-15)25-21(27)24-16/h2-12H,1H3,(H2,24,25,27). The zero-order valence-electron chi connectivity index (χ0n) is 15.4. The van der Waals surface area contributed by atoms with Crippen LogP contribution in [-0.4, -0.2) is 34.2 Å². The number of methoxy groups -OCH3 is 1. The Morgan fingerprint density at radius 2 is 1.79 bits per heavy atom. The van der Waals surface area contributed by atoms with Crippen molar-refractivity contribution in [1.29, 1.82) is 0 Å². The number of ether oxygens (including phenoxy) is 2. The Kier molecular flexibility index (Phi) is 4.90. The predicted molar refractivity (Wildman–Crippen MR) is 108 cm³/mol. The van der Waals surface area contributed by atoms with Crippen molar-refractivity contribution in [2.45, 2.75) is 0 Å². The molecule has 2 heterocycles. The van der Waals surface area contributed by atoms with E-state index in [4.69, 9.17) is 9.47 Å². The van der Waals surface area contributed by atoms with Gasteiger partial charge in [0.15, 0.2) is 11.5 Å². The number of esters is 1. The van der Waals surface area contributed by atoms with E-state index < -0.39 is 5.97 Å². The first-order chi connectivity index (χ1) is 14.1. The molecule has 2 aromatic heterocycles. The molecule has 0 aliphatic carbocycles. The first kappa shape index (κ1) is 18.2. The lowest BCUT2D eigenvalue weighted by molar-refractivity contribution is 0.0729. The number of aromatic amines is 2. The molecule has 0 amide bonds. The Hall–Kier alpha value is -4.20. The maximum Gasteiger partial charge on any atom is 0.343 e. The number of pyridine rings is 1. The van der Waals surface area contributed by atoms with E-state index in [-0.39, 0.29) is 5.69 Å². The van der Waals surface area contributed by atoms with Crippen LogP contribution in [0.4, 0.5) is 5.69 Å². The van der Waals surface area contributed by atoms with Gasteiger partial charge in [-0.2, -0.15) is 0 Å². The van der Waals surface area contributed by atoms with Crippen molar-refractivity contribution in [3.05, 3.63) is 82.5 Å². The Labute approximate surface area is 164 Å². The van der Waals surface area contributed by atoms with E-state index in [9.17, 15) is 9.59 Å². The van der Waals surface area contributed by atoms with E-state index >= 15 is 0 Å². The minimum absolute atomic E-state index is 0.261. The molecule has 29 heavy (non-hydrogen) atoms. The molecule has 0 bridgehead atoms. The largest absolute Gasteiger partial charge is 0.493 e. The number of aliphatic imine (C=N–C) groups is 1. The molecule has 0 saturated heterocycles. The molecule has 0 atom stereocenters. The van der Waals surface area contributed by atoms with Gasteiger partial charge in [-0.15, -0.1) is 0 Å². The van der Waals surface area contributed by atoms with Gasteiger partial charge in [0, 0.05) is 18.6 Å². The lowest BCUT2D eigenvalue weighted by Gasteiger charge is -2.09. The van der Waals surface area contributed by atoms with Crippen LogP contribution in [0.3, 0.4) is 0 Å². The summed E-state index contributed by atoms with van der Waals surface area (Å²) in [5, 5.41) is 0. The van der Waals surface area contributed by atoms with Gasteiger partial charge in [-0.25, -0.2) is 9.59 Å². The van der Waals surface area contributed by atoms with E-state index in [1.165, 1.54) is 19.5 Å². The second-order valence-corrected chi connectivity index (χ2v) is 6.10. The van der Waals surface area contributed by atoms with Crippen LogP contribution in [-0.2, 0) is 0 Å². The summed E-state index contributed by atoms with van der Waals surface area (Å²) in [7, 11) is 1.50. The monoisotopic (exact) mass is 388 g/mol. The predicted octanol–water partition coefficient (Wildman–Crippen LogP) is 3.23. The third-order valence-electron chi connectivity index (χ3n) is 4.17. The molecule has 0 saturated carbocycles. The second-order valence-electron chi connectivity index (χ2n) is 6.10. The highest BCUT2D eigenvalue weighted by Gasteiger charge is 2.12. The minimum atomic E-state index is -0.499. The highest BCUT2D eigenvalue weighted by atomic mass is 16.6.